The first-order valence-corrected chi connectivity index (χ1v) is 5.74. The van der Waals surface area contributed by atoms with E-state index in [1.54, 1.807) is 6.92 Å². The Bertz CT molecular complexity index is 509. The molecule has 2 aromatic rings. The van der Waals surface area contributed by atoms with Crippen LogP contribution in [0.2, 0.25) is 10.4 Å². The van der Waals surface area contributed by atoms with Gasteiger partial charge in [-0.2, -0.15) is 0 Å². The maximum Gasteiger partial charge on any atom is 0.224 e. The molecule has 0 bridgehead atoms. The molecule has 88 valence electrons. The number of halogens is 2. The van der Waals surface area contributed by atoms with Crippen LogP contribution >= 0.6 is 23.2 Å². The lowest BCUT2D eigenvalue weighted by Crippen LogP contribution is -2.24. The average Bonchev–Trinajstić information content (AvgIpc) is 2.29. The van der Waals surface area contributed by atoms with E-state index in [4.69, 9.17) is 23.2 Å². The molecule has 17 heavy (non-hydrogen) atoms. The molecule has 2 rings (SSSR count). The molecule has 1 atom stereocenters. The summed E-state index contributed by atoms with van der Waals surface area (Å²) in [6.07, 6.45) is 0. The number of hydrogen-bond acceptors (Lipinski definition) is 3. The van der Waals surface area contributed by atoms with E-state index in [-0.39, 0.29) is 10.4 Å². The fourth-order valence-corrected chi connectivity index (χ4v) is 1.96. The maximum absolute atomic E-state index is 10.5. The molecule has 1 aromatic carbocycles. The summed E-state index contributed by atoms with van der Waals surface area (Å²) in [5.74, 6) is 0. The normalized spacial score (nSPS) is 14.4. The van der Waals surface area contributed by atoms with E-state index in [2.05, 4.69) is 9.97 Å². The van der Waals surface area contributed by atoms with E-state index in [0.29, 0.717) is 11.3 Å². The molecule has 0 aliphatic rings. The molecule has 0 saturated heterocycles. The minimum Gasteiger partial charge on any atom is -0.379 e. The average molecular weight is 269 g/mol. The van der Waals surface area contributed by atoms with Gasteiger partial charge in [0.25, 0.3) is 0 Å². The molecular formula is C12H10Cl2N2O. The molecule has 0 spiro atoms. The smallest absolute Gasteiger partial charge is 0.224 e. The fraction of sp³-hybridized carbons (Fsp3) is 0.167. The topological polar surface area (TPSA) is 46.0 Å². The summed E-state index contributed by atoms with van der Waals surface area (Å²) in [7, 11) is 0. The van der Waals surface area contributed by atoms with Crippen molar-refractivity contribution in [3.8, 4) is 0 Å². The zero-order chi connectivity index (χ0) is 12.5. The van der Waals surface area contributed by atoms with Crippen molar-refractivity contribution in [2.75, 3.05) is 0 Å². The maximum atomic E-state index is 10.5. The minimum atomic E-state index is -1.25. The van der Waals surface area contributed by atoms with Crippen LogP contribution in [-0.4, -0.2) is 15.1 Å². The highest BCUT2D eigenvalue weighted by Gasteiger charge is 2.28. The van der Waals surface area contributed by atoms with Gasteiger partial charge in [0.15, 0.2) is 0 Å². The summed E-state index contributed by atoms with van der Waals surface area (Å²) in [6, 6.07) is 10.7. The molecule has 5 heteroatoms. The molecule has 0 radical (unpaired) electrons. The third kappa shape index (κ3) is 2.57. The van der Waals surface area contributed by atoms with Crippen LogP contribution in [-0.2, 0) is 5.60 Å². The molecule has 0 saturated carbocycles. The number of nitrogens with zero attached hydrogens (tertiary/aromatic N) is 2. The third-order valence-corrected chi connectivity index (χ3v) is 2.86. The SMILES string of the molecule is CC(O)(c1ccccc1)c1cc(Cl)nc(Cl)n1. The van der Waals surface area contributed by atoms with Gasteiger partial charge in [0.05, 0.1) is 5.69 Å². The second kappa shape index (κ2) is 4.61. The van der Waals surface area contributed by atoms with Gasteiger partial charge in [0, 0.05) is 6.07 Å². The van der Waals surface area contributed by atoms with Crippen LogP contribution in [0.15, 0.2) is 36.4 Å². The first kappa shape index (κ1) is 12.3. The van der Waals surface area contributed by atoms with Crippen LogP contribution in [0.5, 0.6) is 0 Å². The second-order valence-corrected chi connectivity index (χ2v) is 4.51. The van der Waals surface area contributed by atoms with Gasteiger partial charge in [-0.3, -0.25) is 0 Å². The summed E-state index contributed by atoms with van der Waals surface area (Å²) < 4.78 is 0. The first-order chi connectivity index (χ1) is 8.00. The van der Waals surface area contributed by atoms with Crippen molar-refractivity contribution in [2.45, 2.75) is 12.5 Å². The highest BCUT2D eigenvalue weighted by Crippen LogP contribution is 2.29. The van der Waals surface area contributed by atoms with Crippen molar-refractivity contribution in [1.29, 1.82) is 0 Å². The number of aromatic nitrogens is 2. The van der Waals surface area contributed by atoms with Gasteiger partial charge in [-0.05, 0) is 24.1 Å². The van der Waals surface area contributed by atoms with Crippen molar-refractivity contribution in [1.82, 2.24) is 9.97 Å². The molecule has 0 aliphatic carbocycles. The Kier molecular flexibility index (Phi) is 3.33. The predicted octanol–water partition coefficient (Wildman–Crippen LogP) is 3.04. The van der Waals surface area contributed by atoms with Gasteiger partial charge in [0.1, 0.15) is 10.8 Å². The van der Waals surface area contributed by atoms with Crippen molar-refractivity contribution < 1.29 is 5.11 Å². The number of aliphatic hydroxyl groups is 1. The first-order valence-electron chi connectivity index (χ1n) is 4.98. The number of hydrogen-bond donors (Lipinski definition) is 1. The molecule has 0 amide bonds. The van der Waals surface area contributed by atoms with E-state index in [1.165, 1.54) is 6.07 Å². The van der Waals surface area contributed by atoms with Crippen molar-refractivity contribution >= 4 is 23.2 Å². The highest BCUT2D eigenvalue weighted by atomic mass is 35.5. The zero-order valence-corrected chi connectivity index (χ0v) is 10.6. The molecule has 1 aromatic heterocycles. The van der Waals surface area contributed by atoms with E-state index in [1.807, 2.05) is 30.3 Å². The number of rotatable bonds is 2. The Morgan fingerprint density at radius 1 is 1.12 bits per heavy atom. The van der Waals surface area contributed by atoms with E-state index < -0.39 is 5.60 Å². The standard InChI is InChI=1S/C12H10Cl2N2O/c1-12(17,8-5-3-2-4-6-8)9-7-10(13)16-11(14)15-9/h2-7,17H,1H3. The van der Waals surface area contributed by atoms with Crippen LogP contribution in [0, 0.1) is 0 Å². The summed E-state index contributed by atoms with van der Waals surface area (Å²) in [5.41, 5.74) is -0.170. The lowest BCUT2D eigenvalue weighted by molar-refractivity contribution is 0.0972. The highest BCUT2D eigenvalue weighted by molar-refractivity contribution is 6.31. The minimum absolute atomic E-state index is 0.0173. The van der Waals surface area contributed by atoms with Crippen molar-refractivity contribution in [3.63, 3.8) is 0 Å². The van der Waals surface area contributed by atoms with Gasteiger partial charge in [-0.25, -0.2) is 9.97 Å². The van der Waals surface area contributed by atoms with Crippen molar-refractivity contribution in [3.05, 3.63) is 58.1 Å². The van der Waals surface area contributed by atoms with Crippen LogP contribution in [0.4, 0.5) is 0 Å². The fourth-order valence-electron chi connectivity index (χ4n) is 1.55. The van der Waals surface area contributed by atoms with Crippen LogP contribution in [0.1, 0.15) is 18.2 Å². The monoisotopic (exact) mass is 268 g/mol. The molecule has 0 fully saturated rings. The van der Waals surface area contributed by atoms with Gasteiger partial charge in [0.2, 0.25) is 5.28 Å². The molecular weight excluding hydrogens is 259 g/mol. The quantitative estimate of drug-likeness (QED) is 0.673. The summed E-state index contributed by atoms with van der Waals surface area (Å²) in [5, 5.41) is 10.7. The molecule has 1 heterocycles. The zero-order valence-electron chi connectivity index (χ0n) is 9.06. The van der Waals surface area contributed by atoms with Gasteiger partial charge >= 0.3 is 0 Å². The summed E-state index contributed by atoms with van der Waals surface area (Å²) >= 11 is 11.5. The summed E-state index contributed by atoms with van der Waals surface area (Å²) in [4.78, 5) is 7.75. The Labute approximate surface area is 109 Å². The molecule has 3 nitrogen and oxygen atoms in total. The lowest BCUT2D eigenvalue weighted by Gasteiger charge is -2.23. The van der Waals surface area contributed by atoms with Gasteiger partial charge in [-0.15, -0.1) is 0 Å². The lowest BCUT2D eigenvalue weighted by atomic mass is 9.92. The van der Waals surface area contributed by atoms with Crippen LogP contribution in [0.25, 0.3) is 0 Å². The van der Waals surface area contributed by atoms with E-state index in [0.717, 1.165) is 0 Å². The van der Waals surface area contributed by atoms with Crippen LogP contribution in [0.3, 0.4) is 0 Å². The third-order valence-electron chi connectivity index (χ3n) is 2.50. The predicted molar refractivity (Wildman–Crippen MR) is 67.2 cm³/mol. The molecule has 0 aliphatic heterocycles. The number of benzene rings is 1. The van der Waals surface area contributed by atoms with Crippen LogP contribution < -0.4 is 0 Å². The van der Waals surface area contributed by atoms with E-state index in [9.17, 15) is 5.11 Å². The summed E-state index contributed by atoms with van der Waals surface area (Å²) in [6.45, 7) is 1.64. The molecule has 1 unspecified atom stereocenters. The van der Waals surface area contributed by atoms with Crippen molar-refractivity contribution in [2.24, 2.45) is 0 Å². The largest absolute Gasteiger partial charge is 0.379 e. The van der Waals surface area contributed by atoms with E-state index >= 15 is 0 Å². The Morgan fingerprint density at radius 2 is 1.76 bits per heavy atom. The molecule has 1 N–H and O–H groups in total. The van der Waals surface area contributed by atoms with Gasteiger partial charge < -0.3 is 5.11 Å². The van der Waals surface area contributed by atoms with Gasteiger partial charge in [-0.1, -0.05) is 41.9 Å². The second-order valence-electron chi connectivity index (χ2n) is 3.78. The Hall–Kier alpha value is -1.16. The Morgan fingerprint density at radius 3 is 2.35 bits per heavy atom. The Balaban J connectivity index is 2.51.